The summed E-state index contributed by atoms with van der Waals surface area (Å²) in [5.41, 5.74) is 3.11. The van der Waals surface area contributed by atoms with Crippen LogP contribution in [0.5, 0.6) is 0 Å². The number of pyridine rings is 1. The summed E-state index contributed by atoms with van der Waals surface area (Å²) in [5.74, 6) is -0.358. The van der Waals surface area contributed by atoms with E-state index in [1.165, 1.54) is 0 Å². The Morgan fingerprint density at radius 1 is 1.08 bits per heavy atom. The first-order valence-corrected chi connectivity index (χ1v) is 8.25. The van der Waals surface area contributed by atoms with Crippen LogP contribution in [-0.4, -0.2) is 10.9 Å². The minimum Gasteiger partial charge on any atom is -0.378 e. The molecule has 0 bridgehead atoms. The van der Waals surface area contributed by atoms with Gasteiger partial charge in [-0.15, -0.1) is 0 Å². The molecule has 1 amide bonds. The molecule has 128 valence electrons. The summed E-state index contributed by atoms with van der Waals surface area (Å²) in [6.45, 7) is 2.05. The minimum absolute atomic E-state index is 0.0915. The second-order valence-corrected chi connectivity index (χ2v) is 5.82. The molecule has 1 aromatic heterocycles. The molecule has 0 fully saturated rings. The number of nitriles is 1. The number of carbonyl (C=O) groups is 1. The van der Waals surface area contributed by atoms with Crippen molar-refractivity contribution in [1.29, 1.82) is 5.26 Å². The molecule has 2 N–H and O–H groups in total. The standard InChI is InChI=1S/C21H18N4O/c1-15(16-7-3-2-4-8-16)24-18-11-12-23-20(13-18)21(26)25-19-10-6-5-9-17(19)14-22/h2-13,15H,1H3,(H,23,24)(H,25,26). The van der Waals surface area contributed by atoms with E-state index < -0.39 is 0 Å². The van der Waals surface area contributed by atoms with Gasteiger partial charge in [0.15, 0.2) is 0 Å². The van der Waals surface area contributed by atoms with Crippen molar-refractivity contribution in [2.45, 2.75) is 13.0 Å². The Labute approximate surface area is 152 Å². The van der Waals surface area contributed by atoms with Crippen molar-refractivity contribution in [3.05, 3.63) is 89.7 Å². The van der Waals surface area contributed by atoms with Crippen LogP contribution in [0.25, 0.3) is 0 Å². The van der Waals surface area contributed by atoms with Gasteiger partial charge in [0.05, 0.1) is 11.3 Å². The van der Waals surface area contributed by atoms with Gasteiger partial charge < -0.3 is 10.6 Å². The number of aromatic nitrogens is 1. The number of benzene rings is 2. The number of amides is 1. The van der Waals surface area contributed by atoms with Gasteiger partial charge in [0.25, 0.3) is 5.91 Å². The highest BCUT2D eigenvalue weighted by atomic mass is 16.1. The number of nitrogens with one attached hydrogen (secondary N) is 2. The molecule has 5 nitrogen and oxygen atoms in total. The molecule has 1 heterocycles. The monoisotopic (exact) mass is 342 g/mol. The third-order valence-electron chi connectivity index (χ3n) is 3.97. The van der Waals surface area contributed by atoms with Crippen molar-refractivity contribution in [3.63, 3.8) is 0 Å². The fourth-order valence-electron chi connectivity index (χ4n) is 2.60. The molecule has 5 heteroatoms. The van der Waals surface area contributed by atoms with E-state index in [0.29, 0.717) is 11.3 Å². The van der Waals surface area contributed by atoms with Crippen LogP contribution in [0.3, 0.4) is 0 Å². The third kappa shape index (κ3) is 4.05. The van der Waals surface area contributed by atoms with Gasteiger partial charge in [-0.3, -0.25) is 9.78 Å². The van der Waals surface area contributed by atoms with E-state index in [2.05, 4.69) is 28.6 Å². The first-order valence-electron chi connectivity index (χ1n) is 8.25. The second kappa shape index (κ2) is 7.95. The average Bonchev–Trinajstić information content (AvgIpc) is 2.69. The summed E-state index contributed by atoms with van der Waals surface area (Å²) in [5, 5.41) is 15.2. The molecule has 0 saturated carbocycles. The van der Waals surface area contributed by atoms with E-state index in [0.717, 1.165) is 11.3 Å². The fraction of sp³-hybridized carbons (Fsp3) is 0.0952. The van der Waals surface area contributed by atoms with E-state index in [9.17, 15) is 4.79 Å². The molecule has 0 aliphatic rings. The number of hydrogen-bond donors (Lipinski definition) is 2. The number of para-hydroxylation sites is 1. The Bertz CT molecular complexity index is 947. The van der Waals surface area contributed by atoms with Crippen LogP contribution in [0.15, 0.2) is 72.9 Å². The van der Waals surface area contributed by atoms with E-state index >= 15 is 0 Å². The van der Waals surface area contributed by atoms with Crippen molar-refractivity contribution < 1.29 is 4.79 Å². The zero-order chi connectivity index (χ0) is 18.4. The molecular formula is C21H18N4O. The van der Waals surface area contributed by atoms with Crippen LogP contribution >= 0.6 is 0 Å². The van der Waals surface area contributed by atoms with Gasteiger partial charge in [-0.05, 0) is 36.8 Å². The highest BCUT2D eigenvalue weighted by Gasteiger charge is 2.12. The number of anilines is 2. The lowest BCUT2D eigenvalue weighted by Crippen LogP contribution is -2.15. The van der Waals surface area contributed by atoms with E-state index in [1.54, 1.807) is 36.5 Å². The van der Waals surface area contributed by atoms with Crippen LogP contribution in [0.1, 0.15) is 34.6 Å². The number of nitrogens with zero attached hydrogens (tertiary/aromatic N) is 2. The predicted molar refractivity (Wildman–Crippen MR) is 102 cm³/mol. The Kier molecular flexibility index (Phi) is 5.25. The zero-order valence-corrected chi connectivity index (χ0v) is 14.3. The smallest absolute Gasteiger partial charge is 0.274 e. The molecule has 3 rings (SSSR count). The maximum Gasteiger partial charge on any atom is 0.274 e. The van der Waals surface area contributed by atoms with Gasteiger partial charge in [0, 0.05) is 17.9 Å². The van der Waals surface area contributed by atoms with Crippen LogP contribution in [0, 0.1) is 11.3 Å². The van der Waals surface area contributed by atoms with Crippen LogP contribution in [-0.2, 0) is 0 Å². The zero-order valence-electron chi connectivity index (χ0n) is 14.3. The van der Waals surface area contributed by atoms with E-state index in [-0.39, 0.29) is 17.6 Å². The molecular weight excluding hydrogens is 324 g/mol. The highest BCUT2D eigenvalue weighted by molar-refractivity contribution is 6.04. The maximum absolute atomic E-state index is 12.5. The molecule has 0 radical (unpaired) electrons. The summed E-state index contributed by atoms with van der Waals surface area (Å²) in [6, 6.07) is 22.6. The van der Waals surface area contributed by atoms with Crippen molar-refractivity contribution in [2.75, 3.05) is 10.6 Å². The Morgan fingerprint density at radius 3 is 2.58 bits per heavy atom. The van der Waals surface area contributed by atoms with Gasteiger partial charge >= 0.3 is 0 Å². The van der Waals surface area contributed by atoms with Gasteiger partial charge in [0.2, 0.25) is 0 Å². The van der Waals surface area contributed by atoms with Gasteiger partial charge in [0.1, 0.15) is 11.8 Å². The Hall–Kier alpha value is -3.65. The summed E-state index contributed by atoms with van der Waals surface area (Å²) in [6.07, 6.45) is 1.59. The summed E-state index contributed by atoms with van der Waals surface area (Å²) in [4.78, 5) is 16.6. The second-order valence-electron chi connectivity index (χ2n) is 5.82. The van der Waals surface area contributed by atoms with Crippen LogP contribution in [0.2, 0.25) is 0 Å². The lowest BCUT2D eigenvalue weighted by atomic mass is 10.1. The van der Waals surface area contributed by atoms with E-state index in [4.69, 9.17) is 5.26 Å². The van der Waals surface area contributed by atoms with Crippen molar-refractivity contribution in [1.82, 2.24) is 4.98 Å². The van der Waals surface area contributed by atoms with Crippen molar-refractivity contribution in [2.24, 2.45) is 0 Å². The summed E-state index contributed by atoms with van der Waals surface area (Å²) in [7, 11) is 0. The lowest BCUT2D eigenvalue weighted by Gasteiger charge is -2.16. The SMILES string of the molecule is CC(Nc1ccnc(C(=O)Nc2ccccc2C#N)c1)c1ccccc1. The summed E-state index contributed by atoms with van der Waals surface area (Å²) < 4.78 is 0. The molecule has 1 atom stereocenters. The van der Waals surface area contributed by atoms with Crippen molar-refractivity contribution >= 4 is 17.3 Å². The van der Waals surface area contributed by atoms with Crippen LogP contribution in [0.4, 0.5) is 11.4 Å². The molecule has 1 unspecified atom stereocenters. The topological polar surface area (TPSA) is 77.8 Å². The number of rotatable bonds is 5. The molecule has 0 saturated heterocycles. The molecule has 26 heavy (non-hydrogen) atoms. The predicted octanol–water partition coefficient (Wildman–Crippen LogP) is 4.38. The van der Waals surface area contributed by atoms with Gasteiger partial charge in [-0.25, -0.2) is 0 Å². The molecule has 0 spiro atoms. The number of hydrogen-bond acceptors (Lipinski definition) is 4. The molecule has 0 aliphatic carbocycles. The third-order valence-corrected chi connectivity index (χ3v) is 3.97. The van der Waals surface area contributed by atoms with Crippen molar-refractivity contribution in [3.8, 4) is 6.07 Å². The first-order chi connectivity index (χ1) is 12.7. The van der Waals surface area contributed by atoms with Crippen LogP contribution < -0.4 is 10.6 Å². The highest BCUT2D eigenvalue weighted by Crippen LogP contribution is 2.20. The normalized spacial score (nSPS) is 11.2. The molecule has 2 aromatic carbocycles. The number of carbonyl (C=O) groups excluding carboxylic acids is 1. The molecule has 3 aromatic rings. The largest absolute Gasteiger partial charge is 0.378 e. The van der Waals surface area contributed by atoms with Gasteiger partial charge in [-0.1, -0.05) is 42.5 Å². The quantitative estimate of drug-likeness (QED) is 0.721. The molecule has 0 aliphatic heterocycles. The Morgan fingerprint density at radius 2 is 1.81 bits per heavy atom. The van der Waals surface area contributed by atoms with Gasteiger partial charge in [-0.2, -0.15) is 5.26 Å². The first kappa shape index (κ1) is 17.2. The fourth-order valence-corrected chi connectivity index (χ4v) is 2.60. The van der Waals surface area contributed by atoms with E-state index in [1.807, 2.05) is 36.4 Å². The maximum atomic E-state index is 12.5. The lowest BCUT2D eigenvalue weighted by molar-refractivity contribution is 0.102. The Balaban J connectivity index is 1.74. The average molecular weight is 342 g/mol. The minimum atomic E-state index is -0.358. The summed E-state index contributed by atoms with van der Waals surface area (Å²) >= 11 is 0.